The van der Waals surface area contributed by atoms with Gasteiger partial charge in [-0.3, -0.25) is 4.79 Å². The van der Waals surface area contributed by atoms with Crippen LogP contribution in [0.25, 0.3) is 0 Å². The van der Waals surface area contributed by atoms with E-state index in [9.17, 15) is 26.4 Å². The number of aromatic nitrogens is 1. The minimum absolute atomic E-state index is 0.0383. The van der Waals surface area contributed by atoms with Crippen molar-refractivity contribution in [2.75, 3.05) is 43.0 Å². The molecule has 3 heterocycles. The highest BCUT2D eigenvalue weighted by Crippen LogP contribution is 2.54. The van der Waals surface area contributed by atoms with E-state index < -0.39 is 40.2 Å². The number of benzene rings is 1. The molecule has 2 aliphatic heterocycles. The number of hydrogen-bond donors (Lipinski definition) is 2. The molecule has 1 aromatic carbocycles. The average molecular weight is 539 g/mol. The van der Waals surface area contributed by atoms with Gasteiger partial charge >= 0.3 is 6.18 Å². The number of rotatable bonds is 8. The Morgan fingerprint density at radius 2 is 1.86 bits per heavy atom. The Hall–Kier alpha value is -2.86. The number of amides is 1. The first kappa shape index (κ1) is 25.8. The lowest BCUT2D eigenvalue weighted by atomic mass is 9.93. The summed E-state index contributed by atoms with van der Waals surface area (Å²) in [5.74, 6) is -0.409. The van der Waals surface area contributed by atoms with Crippen LogP contribution in [-0.2, 0) is 9.84 Å². The van der Waals surface area contributed by atoms with Crippen LogP contribution in [0.5, 0.6) is 5.88 Å². The molecule has 37 heavy (non-hydrogen) atoms. The van der Waals surface area contributed by atoms with Gasteiger partial charge < -0.3 is 20.3 Å². The summed E-state index contributed by atoms with van der Waals surface area (Å²) in [6.07, 6.45) is -1.04. The molecule has 2 aromatic rings. The topological polar surface area (TPSA) is 101 Å². The van der Waals surface area contributed by atoms with E-state index in [1.807, 2.05) is 0 Å². The zero-order valence-electron chi connectivity index (χ0n) is 20.2. The minimum Gasteiger partial charge on any atom is -0.477 e. The smallest absolute Gasteiger partial charge is 0.392 e. The molecule has 0 radical (unpaired) electrons. The van der Waals surface area contributed by atoms with Crippen LogP contribution in [0.15, 0.2) is 41.3 Å². The Bertz CT molecular complexity index is 1270. The predicted molar refractivity (Wildman–Crippen MR) is 132 cm³/mol. The second-order valence-electron chi connectivity index (χ2n) is 10.0. The summed E-state index contributed by atoms with van der Waals surface area (Å²) < 4.78 is 68.4. The molecule has 8 nitrogen and oxygen atoms in total. The summed E-state index contributed by atoms with van der Waals surface area (Å²) in [7, 11) is -3.53. The maximum Gasteiger partial charge on any atom is 0.392 e. The number of ether oxygens (including phenoxy) is 1. The summed E-state index contributed by atoms with van der Waals surface area (Å²) in [6, 6.07) is 9.02. The summed E-state index contributed by atoms with van der Waals surface area (Å²) in [6.45, 7) is 1.68. The highest BCUT2D eigenvalue weighted by atomic mass is 32.2. The maximum atomic E-state index is 13.3. The number of anilines is 2. The Morgan fingerprint density at radius 1 is 1.14 bits per heavy atom. The number of pyridine rings is 1. The van der Waals surface area contributed by atoms with E-state index in [1.165, 1.54) is 43.2 Å². The number of nitrogens with zero attached hydrogens (tertiary/aromatic N) is 2. The molecule has 5 rings (SSSR count). The first-order chi connectivity index (χ1) is 17.5. The highest BCUT2D eigenvalue weighted by molar-refractivity contribution is 7.92. The molecule has 1 amide bonds. The molecule has 1 aliphatic carbocycles. The summed E-state index contributed by atoms with van der Waals surface area (Å²) >= 11 is 0. The van der Waals surface area contributed by atoms with Crippen LogP contribution >= 0.6 is 0 Å². The first-order valence-corrected chi connectivity index (χ1v) is 13.9. The van der Waals surface area contributed by atoms with Crippen LogP contribution in [0, 0.1) is 5.41 Å². The van der Waals surface area contributed by atoms with E-state index in [2.05, 4.69) is 20.5 Å². The van der Waals surface area contributed by atoms with E-state index in [-0.39, 0.29) is 16.6 Å². The standard InChI is InChI=1S/C25H29F3N4O4S/c26-25(27,28)10-13-36-22-3-1-2-21(30-22)31-23(33)19-5-4-17(37(34,35)18-15-29-16-18)14-20(19)32-11-8-24(6-7-24)9-12-32/h1-5,14,18,29H,6-13,15-16H2,(H,30,31,33). The van der Waals surface area contributed by atoms with Crippen LogP contribution in [0.2, 0.25) is 0 Å². The molecule has 200 valence electrons. The third kappa shape index (κ3) is 5.85. The van der Waals surface area contributed by atoms with Gasteiger partial charge in [0.15, 0.2) is 9.84 Å². The second kappa shape index (κ2) is 9.79. The van der Waals surface area contributed by atoms with E-state index in [4.69, 9.17) is 4.74 Å². The molecular weight excluding hydrogens is 509 g/mol. The van der Waals surface area contributed by atoms with Gasteiger partial charge in [0.1, 0.15) is 5.82 Å². The van der Waals surface area contributed by atoms with E-state index in [1.54, 1.807) is 6.07 Å². The van der Waals surface area contributed by atoms with Gasteiger partial charge in [-0.1, -0.05) is 6.07 Å². The Balaban J connectivity index is 1.36. The molecule has 3 aliphatic rings. The number of piperidine rings is 1. The van der Waals surface area contributed by atoms with Crippen LogP contribution in [-0.4, -0.2) is 63.5 Å². The predicted octanol–water partition coefficient (Wildman–Crippen LogP) is 3.79. The lowest BCUT2D eigenvalue weighted by Crippen LogP contribution is -2.51. The van der Waals surface area contributed by atoms with Crippen molar-refractivity contribution < 1.29 is 31.1 Å². The molecule has 2 saturated heterocycles. The maximum absolute atomic E-state index is 13.3. The number of carbonyl (C=O) groups is 1. The van der Waals surface area contributed by atoms with Gasteiger partial charge in [-0.2, -0.15) is 18.2 Å². The van der Waals surface area contributed by atoms with Crippen LogP contribution in [0.1, 0.15) is 42.5 Å². The summed E-state index contributed by atoms with van der Waals surface area (Å²) in [5.41, 5.74) is 1.26. The minimum atomic E-state index is -4.34. The molecule has 0 bridgehead atoms. The van der Waals surface area contributed by atoms with Crippen molar-refractivity contribution in [3.8, 4) is 5.88 Å². The van der Waals surface area contributed by atoms with Crippen molar-refractivity contribution in [1.29, 1.82) is 0 Å². The first-order valence-electron chi connectivity index (χ1n) is 12.4. The summed E-state index contributed by atoms with van der Waals surface area (Å²) in [4.78, 5) is 19.7. The lowest BCUT2D eigenvalue weighted by molar-refractivity contribution is -0.139. The third-order valence-corrected chi connectivity index (χ3v) is 9.57. The molecule has 1 saturated carbocycles. The molecule has 2 N–H and O–H groups in total. The molecule has 1 aromatic heterocycles. The fourth-order valence-electron chi connectivity index (χ4n) is 4.73. The number of nitrogens with one attached hydrogen (secondary N) is 2. The number of carbonyl (C=O) groups excluding carboxylic acids is 1. The van der Waals surface area contributed by atoms with Gasteiger partial charge in [0.05, 0.1) is 34.4 Å². The number of halogens is 3. The monoisotopic (exact) mass is 538 g/mol. The van der Waals surface area contributed by atoms with E-state index >= 15 is 0 Å². The van der Waals surface area contributed by atoms with Crippen LogP contribution in [0.3, 0.4) is 0 Å². The molecule has 0 atom stereocenters. The molecule has 0 unspecified atom stereocenters. The van der Waals surface area contributed by atoms with Crippen LogP contribution < -0.4 is 20.3 Å². The Morgan fingerprint density at radius 3 is 2.49 bits per heavy atom. The van der Waals surface area contributed by atoms with Gasteiger partial charge in [0.2, 0.25) is 5.88 Å². The van der Waals surface area contributed by atoms with Crippen molar-refractivity contribution in [3.05, 3.63) is 42.0 Å². The number of alkyl halides is 3. The molecule has 1 spiro atoms. The lowest BCUT2D eigenvalue weighted by Gasteiger charge is -2.35. The van der Waals surface area contributed by atoms with Gasteiger partial charge in [-0.05, 0) is 55.4 Å². The van der Waals surface area contributed by atoms with Crippen molar-refractivity contribution in [3.63, 3.8) is 0 Å². The van der Waals surface area contributed by atoms with Crippen molar-refractivity contribution in [2.45, 2.75) is 48.4 Å². The van der Waals surface area contributed by atoms with Gasteiger partial charge in [-0.25, -0.2) is 8.42 Å². The number of hydrogen-bond acceptors (Lipinski definition) is 7. The summed E-state index contributed by atoms with van der Waals surface area (Å²) in [5, 5.41) is 5.18. The second-order valence-corrected chi connectivity index (χ2v) is 12.2. The molecule has 12 heteroatoms. The third-order valence-electron chi connectivity index (χ3n) is 7.45. The zero-order chi connectivity index (χ0) is 26.3. The fourth-order valence-corrected chi connectivity index (χ4v) is 6.33. The number of sulfone groups is 1. The molecule has 3 fully saturated rings. The molecular formula is C25H29F3N4O4S. The van der Waals surface area contributed by atoms with Crippen molar-refractivity contribution >= 4 is 27.2 Å². The van der Waals surface area contributed by atoms with Gasteiger partial charge in [0, 0.05) is 32.2 Å². The zero-order valence-corrected chi connectivity index (χ0v) is 21.0. The Labute approximate surface area is 213 Å². The quantitative estimate of drug-likeness (QED) is 0.528. The Kier molecular flexibility index (Phi) is 6.82. The highest BCUT2D eigenvalue weighted by Gasteiger charge is 2.45. The van der Waals surface area contributed by atoms with Crippen molar-refractivity contribution in [2.24, 2.45) is 5.41 Å². The van der Waals surface area contributed by atoms with E-state index in [0.717, 1.165) is 25.9 Å². The van der Waals surface area contributed by atoms with Crippen molar-refractivity contribution in [1.82, 2.24) is 10.3 Å². The fraction of sp³-hybridized carbons (Fsp3) is 0.520. The normalized spacial score (nSPS) is 19.4. The SMILES string of the molecule is O=C(Nc1cccc(OCCC(F)(F)F)n1)c1ccc(S(=O)(=O)C2CNC2)cc1N1CCC2(CC1)CC2. The van der Waals surface area contributed by atoms with E-state index in [0.29, 0.717) is 29.8 Å². The van der Waals surface area contributed by atoms with Crippen LogP contribution in [0.4, 0.5) is 24.7 Å². The average Bonchev–Trinajstić information content (AvgIpc) is 3.56. The van der Waals surface area contributed by atoms with Gasteiger partial charge in [0.25, 0.3) is 5.91 Å². The van der Waals surface area contributed by atoms with Gasteiger partial charge in [-0.15, -0.1) is 0 Å². The largest absolute Gasteiger partial charge is 0.477 e.